The molecule has 1 amide bonds. The molecule has 1 aromatic carbocycles. The number of nitrogens with one attached hydrogen (secondary N) is 2. The van der Waals surface area contributed by atoms with Crippen molar-refractivity contribution in [3.05, 3.63) is 46.3 Å². The lowest BCUT2D eigenvalue weighted by Gasteiger charge is -2.05. The molecule has 0 radical (unpaired) electrons. The number of hydrogen-bond acceptors (Lipinski definition) is 4. The number of likely N-dealkylation sites (N-methyl/N-ethyl adjacent to an activating group) is 1. The summed E-state index contributed by atoms with van der Waals surface area (Å²) in [7, 11) is 0. The topological polar surface area (TPSA) is 71.3 Å². The van der Waals surface area contributed by atoms with E-state index in [4.69, 9.17) is 4.42 Å². The molecule has 0 unspecified atom stereocenters. The Kier molecular flexibility index (Phi) is 6.21. The molecule has 0 atom stereocenters. The van der Waals surface area contributed by atoms with Crippen LogP contribution >= 0.6 is 12.4 Å². The number of halogens is 1. The third kappa shape index (κ3) is 3.82. The van der Waals surface area contributed by atoms with Gasteiger partial charge in [0.05, 0.1) is 0 Å². The molecular formula is C14H17ClN2O3. The summed E-state index contributed by atoms with van der Waals surface area (Å²) in [5, 5.41) is 6.50. The Balaban J connectivity index is 0.00000200. The Labute approximate surface area is 122 Å². The van der Waals surface area contributed by atoms with Crippen molar-refractivity contribution in [2.45, 2.75) is 6.92 Å². The van der Waals surface area contributed by atoms with Crippen LogP contribution in [0.1, 0.15) is 17.3 Å². The van der Waals surface area contributed by atoms with Crippen molar-refractivity contribution in [1.29, 1.82) is 0 Å². The van der Waals surface area contributed by atoms with E-state index in [9.17, 15) is 9.59 Å². The molecule has 1 aromatic heterocycles. The number of fused-ring (bicyclic) bond motifs is 1. The average Bonchev–Trinajstić information content (AvgIpc) is 2.42. The van der Waals surface area contributed by atoms with E-state index >= 15 is 0 Å². The fourth-order valence-corrected chi connectivity index (χ4v) is 1.76. The van der Waals surface area contributed by atoms with Gasteiger partial charge in [-0.15, -0.1) is 12.4 Å². The van der Waals surface area contributed by atoms with Gasteiger partial charge in [-0.25, -0.2) is 4.79 Å². The summed E-state index contributed by atoms with van der Waals surface area (Å²) in [6.45, 7) is 3.97. The molecule has 0 saturated heterocycles. The first kappa shape index (κ1) is 16.2. The van der Waals surface area contributed by atoms with Crippen LogP contribution in [0.2, 0.25) is 0 Å². The molecule has 6 heteroatoms. The van der Waals surface area contributed by atoms with E-state index in [1.807, 2.05) is 13.0 Å². The maximum absolute atomic E-state index is 11.9. The summed E-state index contributed by atoms with van der Waals surface area (Å²) in [5.41, 5.74) is -0.0912. The van der Waals surface area contributed by atoms with Crippen molar-refractivity contribution in [1.82, 2.24) is 10.6 Å². The Bertz CT molecular complexity index is 640. The summed E-state index contributed by atoms with van der Waals surface area (Å²) in [6.07, 6.45) is 0. The van der Waals surface area contributed by atoms with Gasteiger partial charge >= 0.3 is 5.63 Å². The second-order valence-corrected chi connectivity index (χ2v) is 4.09. The molecule has 20 heavy (non-hydrogen) atoms. The lowest BCUT2D eigenvalue weighted by Crippen LogP contribution is -2.34. The molecule has 0 aliphatic heterocycles. The predicted molar refractivity (Wildman–Crippen MR) is 80.6 cm³/mol. The molecule has 2 aromatic rings. The maximum atomic E-state index is 11.9. The van der Waals surface area contributed by atoms with Gasteiger partial charge < -0.3 is 15.1 Å². The second kappa shape index (κ2) is 7.67. The normalized spacial score (nSPS) is 10.1. The van der Waals surface area contributed by atoms with E-state index in [1.54, 1.807) is 24.3 Å². The molecule has 0 bridgehead atoms. The highest BCUT2D eigenvalue weighted by Gasteiger charge is 2.12. The van der Waals surface area contributed by atoms with Gasteiger partial charge in [0, 0.05) is 18.5 Å². The van der Waals surface area contributed by atoms with Crippen LogP contribution in [-0.2, 0) is 0 Å². The fraction of sp³-hybridized carbons (Fsp3) is 0.286. The van der Waals surface area contributed by atoms with E-state index in [-0.39, 0.29) is 18.0 Å². The van der Waals surface area contributed by atoms with Crippen LogP contribution in [0.3, 0.4) is 0 Å². The van der Waals surface area contributed by atoms with Gasteiger partial charge in [0.2, 0.25) is 0 Å². The van der Waals surface area contributed by atoms with E-state index in [1.165, 1.54) is 0 Å². The number of carbonyl (C=O) groups excluding carboxylic acids is 1. The minimum atomic E-state index is -0.611. The zero-order chi connectivity index (χ0) is 13.7. The molecule has 108 valence electrons. The van der Waals surface area contributed by atoms with Gasteiger partial charge in [0.15, 0.2) is 0 Å². The summed E-state index contributed by atoms with van der Waals surface area (Å²) < 4.78 is 5.11. The van der Waals surface area contributed by atoms with Crippen molar-refractivity contribution in [3.8, 4) is 0 Å². The van der Waals surface area contributed by atoms with E-state index < -0.39 is 11.5 Å². The maximum Gasteiger partial charge on any atom is 0.349 e. The number of amides is 1. The Morgan fingerprint density at radius 3 is 2.75 bits per heavy atom. The van der Waals surface area contributed by atoms with E-state index in [0.29, 0.717) is 18.7 Å². The third-order valence-corrected chi connectivity index (χ3v) is 2.72. The Morgan fingerprint density at radius 1 is 1.25 bits per heavy atom. The van der Waals surface area contributed by atoms with Crippen LogP contribution in [0.15, 0.2) is 39.5 Å². The van der Waals surface area contributed by atoms with Gasteiger partial charge in [0.25, 0.3) is 5.91 Å². The minimum absolute atomic E-state index is 0. The molecule has 0 saturated carbocycles. The van der Waals surface area contributed by atoms with E-state index in [0.717, 1.165) is 11.9 Å². The predicted octanol–water partition coefficient (Wildman–Crippen LogP) is 1.55. The van der Waals surface area contributed by atoms with Gasteiger partial charge in [0.1, 0.15) is 11.1 Å². The SMILES string of the molecule is CCNCCNC(=O)c1cc2ccccc2oc1=O.Cl. The lowest BCUT2D eigenvalue weighted by molar-refractivity contribution is 0.0950. The largest absolute Gasteiger partial charge is 0.422 e. The number of carbonyl (C=O) groups is 1. The molecule has 2 N–H and O–H groups in total. The third-order valence-electron chi connectivity index (χ3n) is 2.72. The molecule has 1 heterocycles. The second-order valence-electron chi connectivity index (χ2n) is 4.09. The fourth-order valence-electron chi connectivity index (χ4n) is 1.76. The molecule has 2 rings (SSSR count). The van der Waals surface area contributed by atoms with E-state index in [2.05, 4.69) is 10.6 Å². The zero-order valence-electron chi connectivity index (χ0n) is 11.1. The van der Waals surface area contributed by atoms with Crippen molar-refractivity contribution >= 4 is 29.3 Å². The number of benzene rings is 1. The molecule has 5 nitrogen and oxygen atoms in total. The Hall–Kier alpha value is -1.85. The van der Waals surface area contributed by atoms with Crippen LogP contribution in [0.4, 0.5) is 0 Å². The first-order valence-electron chi connectivity index (χ1n) is 6.24. The van der Waals surface area contributed by atoms with Gasteiger partial charge in [-0.2, -0.15) is 0 Å². The number of rotatable bonds is 5. The number of hydrogen-bond donors (Lipinski definition) is 2. The quantitative estimate of drug-likeness (QED) is 0.649. The molecular weight excluding hydrogens is 280 g/mol. The molecule has 0 aliphatic carbocycles. The molecule has 0 fully saturated rings. The van der Waals surface area contributed by atoms with Crippen LogP contribution in [0, 0.1) is 0 Å². The van der Waals surface area contributed by atoms with Crippen molar-refractivity contribution < 1.29 is 9.21 Å². The number of para-hydroxylation sites is 1. The molecule has 0 spiro atoms. The summed E-state index contributed by atoms with van der Waals surface area (Å²) in [4.78, 5) is 23.6. The van der Waals surface area contributed by atoms with Gasteiger partial charge in [-0.1, -0.05) is 25.1 Å². The standard InChI is InChI=1S/C14H16N2O3.ClH/c1-2-15-7-8-16-13(17)11-9-10-5-3-4-6-12(10)19-14(11)18;/h3-6,9,15H,2,7-8H2,1H3,(H,16,17);1H. The summed E-state index contributed by atoms with van der Waals surface area (Å²) in [6, 6.07) is 8.66. The van der Waals surface area contributed by atoms with Crippen molar-refractivity contribution in [3.63, 3.8) is 0 Å². The average molecular weight is 297 g/mol. The summed E-state index contributed by atoms with van der Waals surface area (Å²) in [5.74, 6) is -0.405. The van der Waals surface area contributed by atoms with Crippen LogP contribution in [0.5, 0.6) is 0 Å². The van der Waals surface area contributed by atoms with Gasteiger partial charge in [-0.3, -0.25) is 4.79 Å². The lowest BCUT2D eigenvalue weighted by atomic mass is 10.2. The van der Waals surface area contributed by atoms with Crippen LogP contribution in [-0.4, -0.2) is 25.5 Å². The smallest absolute Gasteiger partial charge is 0.349 e. The van der Waals surface area contributed by atoms with Crippen molar-refractivity contribution in [2.24, 2.45) is 0 Å². The highest BCUT2D eigenvalue weighted by Crippen LogP contribution is 2.12. The first-order chi connectivity index (χ1) is 9.22. The zero-order valence-corrected chi connectivity index (χ0v) is 12.0. The Morgan fingerprint density at radius 2 is 2.00 bits per heavy atom. The van der Waals surface area contributed by atoms with Crippen molar-refractivity contribution in [2.75, 3.05) is 19.6 Å². The minimum Gasteiger partial charge on any atom is -0.422 e. The monoisotopic (exact) mass is 296 g/mol. The van der Waals surface area contributed by atoms with Gasteiger partial charge in [-0.05, 0) is 18.7 Å². The first-order valence-corrected chi connectivity index (χ1v) is 6.24. The molecule has 0 aliphatic rings. The highest BCUT2D eigenvalue weighted by molar-refractivity contribution is 5.96. The van der Waals surface area contributed by atoms with Crippen LogP contribution < -0.4 is 16.3 Å². The summed E-state index contributed by atoms with van der Waals surface area (Å²) >= 11 is 0. The van der Waals surface area contributed by atoms with Crippen LogP contribution in [0.25, 0.3) is 11.0 Å². The highest BCUT2D eigenvalue weighted by atomic mass is 35.5.